The molecule has 0 aliphatic carbocycles. The van der Waals surface area contributed by atoms with E-state index < -0.39 is 0 Å². The molecular weight excluding hydrogens is 324 g/mol. The molecule has 5 heteroatoms. The largest absolute Gasteiger partial charge is 0.488 e. The third-order valence-corrected chi connectivity index (χ3v) is 3.47. The van der Waals surface area contributed by atoms with E-state index in [4.69, 9.17) is 14.2 Å². The van der Waals surface area contributed by atoms with Crippen molar-refractivity contribution in [1.29, 1.82) is 0 Å². The third-order valence-electron chi connectivity index (χ3n) is 2.94. The molecule has 0 saturated heterocycles. The molecule has 0 unspecified atom stereocenters. The molecule has 0 saturated carbocycles. The predicted molar refractivity (Wildman–Crippen MR) is 76.4 cm³/mol. The quantitative estimate of drug-likeness (QED) is 0.802. The van der Waals surface area contributed by atoms with Crippen LogP contribution < -0.4 is 14.2 Å². The molecule has 0 N–H and O–H groups in total. The molecule has 1 heterocycles. The molecule has 1 aliphatic heterocycles. The Morgan fingerprint density at radius 2 is 1.85 bits per heavy atom. The lowest BCUT2D eigenvalue weighted by Crippen LogP contribution is -1.98. The van der Waals surface area contributed by atoms with E-state index in [1.165, 1.54) is 0 Å². The summed E-state index contributed by atoms with van der Waals surface area (Å²) in [5.74, 6) is 1.66. The highest BCUT2D eigenvalue weighted by Crippen LogP contribution is 2.37. The second-order valence-corrected chi connectivity index (χ2v) is 5.19. The Kier molecular flexibility index (Phi) is 3.60. The third kappa shape index (κ3) is 2.63. The molecular formula is C15H11BrO4. The van der Waals surface area contributed by atoms with Crippen molar-refractivity contribution < 1.29 is 19.0 Å². The number of carbonyl (C=O) groups excluding carboxylic acids is 1. The molecule has 0 radical (unpaired) electrons. The van der Waals surface area contributed by atoms with Crippen LogP contribution in [0.3, 0.4) is 0 Å². The minimum Gasteiger partial charge on any atom is -0.488 e. The molecule has 0 fully saturated rings. The van der Waals surface area contributed by atoms with Gasteiger partial charge >= 0.3 is 0 Å². The van der Waals surface area contributed by atoms with Gasteiger partial charge in [-0.3, -0.25) is 4.79 Å². The summed E-state index contributed by atoms with van der Waals surface area (Å²) in [6.45, 7) is 0.553. The first-order valence-corrected chi connectivity index (χ1v) is 6.81. The highest BCUT2D eigenvalue weighted by Gasteiger charge is 2.17. The maximum absolute atomic E-state index is 11.1. The summed E-state index contributed by atoms with van der Waals surface area (Å²) in [6.07, 6.45) is 0.749. The number of ether oxygens (including phenoxy) is 3. The van der Waals surface area contributed by atoms with Gasteiger partial charge in [0.05, 0.1) is 5.56 Å². The molecule has 0 aromatic heterocycles. The molecule has 102 valence electrons. The van der Waals surface area contributed by atoms with Gasteiger partial charge in [0, 0.05) is 10.5 Å². The normalized spacial score (nSPS) is 12.2. The number of hydrogen-bond acceptors (Lipinski definition) is 4. The molecule has 0 amide bonds. The van der Waals surface area contributed by atoms with E-state index >= 15 is 0 Å². The highest BCUT2D eigenvalue weighted by atomic mass is 79.9. The van der Waals surface area contributed by atoms with Crippen LogP contribution in [0.25, 0.3) is 0 Å². The van der Waals surface area contributed by atoms with Crippen LogP contribution in [0.5, 0.6) is 17.2 Å². The number of carbonyl (C=O) groups is 1. The molecule has 2 aromatic carbocycles. The summed E-state index contributed by atoms with van der Waals surface area (Å²) < 4.78 is 17.2. The smallest absolute Gasteiger partial charge is 0.231 e. The van der Waals surface area contributed by atoms with E-state index in [-0.39, 0.29) is 6.79 Å². The van der Waals surface area contributed by atoms with Crippen LogP contribution in [-0.2, 0) is 6.61 Å². The van der Waals surface area contributed by atoms with E-state index in [2.05, 4.69) is 15.9 Å². The average Bonchev–Trinajstić information content (AvgIpc) is 2.92. The number of fused-ring (bicyclic) bond motifs is 1. The monoisotopic (exact) mass is 334 g/mol. The van der Waals surface area contributed by atoms with Crippen molar-refractivity contribution in [3.63, 3.8) is 0 Å². The molecule has 20 heavy (non-hydrogen) atoms. The SMILES string of the molecule is O=Cc1cc2c(cc1OCc1ccc(Br)cc1)OCO2. The Hall–Kier alpha value is -2.01. The standard InChI is InChI=1S/C15H11BrO4/c16-12-3-1-10(2-4-12)8-18-13-6-15-14(19-9-20-15)5-11(13)7-17/h1-7H,8-9H2. The van der Waals surface area contributed by atoms with Gasteiger partial charge in [-0.15, -0.1) is 0 Å². The van der Waals surface area contributed by atoms with Crippen molar-refractivity contribution in [2.75, 3.05) is 6.79 Å². The molecule has 0 spiro atoms. The summed E-state index contributed by atoms with van der Waals surface area (Å²) >= 11 is 3.38. The van der Waals surface area contributed by atoms with Gasteiger partial charge in [0.25, 0.3) is 0 Å². The van der Waals surface area contributed by atoms with Crippen molar-refractivity contribution in [2.45, 2.75) is 6.61 Å². The minimum atomic E-state index is 0.170. The fraction of sp³-hybridized carbons (Fsp3) is 0.133. The topological polar surface area (TPSA) is 44.8 Å². The first-order chi connectivity index (χ1) is 9.76. The molecule has 4 nitrogen and oxygen atoms in total. The van der Waals surface area contributed by atoms with E-state index in [9.17, 15) is 4.79 Å². The van der Waals surface area contributed by atoms with Crippen molar-refractivity contribution >= 4 is 22.2 Å². The Bertz CT molecular complexity index is 637. The Labute approximate surface area is 124 Å². The maximum atomic E-state index is 11.1. The summed E-state index contributed by atoms with van der Waals surface area (Å²) in [7, 11) is 0. The maximum Gasteiger partial charge on any atom is 0.231 e. The second-order valence-electron chi connectivity index (χ2n) is 4.28. The first kappa shape index (κ1) is 13.0. The van der Waals surface area contributed by atoms with Gasteiger partial charge in [-0.2, -0.15) is 0 Å². The fourth-order valence-electron chi connectivity index (χ4n) is 1.90. The second kappa shape index (κ2) is 5.54. The number of aldehydes is 1. The van der Waals surface area contributed by atoms with Crippen LogP contribution in [0, 0.1) is 0 Å². The van der Waals surface area contributed by atoms with Crippen LogP contribution >= 0.6 is 15.9 Å². The van der Waals surface area contributed by atoms with E-state index in [0.29, 0.717) is 29.4 Å². The van der Waals surface area contributed by atoms with Gasteiger partial charge in [-0.05, 0) is 23.8 Å². The van der Waals surface area contributed by atoms with Gasteiger partial charge in [-0.1, -0.05) is 28.1 Å². The predicted octanol–water partition coefficient (Wildman–Crippen LogP) is 3.57. The average molecular weight is 335 g/mol. The van der Waals surface area contributed by atoms with Gasteiger partial charge in [-0.25, -0.2) is 0 Å². The van der Waals surface area contributed by atoms with Gasteiger partial charge in [0.1, 0.15) is 12.4 Å². The van der Waals surface area contributed by atoms with Crippen molar-refractivity contribution in [3.8, 4) is 17.2 Å². The zero-order chi connectivity index (χ0) is 13.9. The molecule has 0 atom stereocenters. The zero-order valence-electron chi connectivity index (χ0n) is 10.5. The van der Waals surface area contributed by atoms with E-state index in [0.717, 1.165) is 16.3 Å². The zero-order valence-corrected chi connectivity index (χ0v) is 12.1. The fourth-order valence-corrected chi connectivity index (χ4v) is 2.16. The minimum absolute atomic E-state index is 0.170. The molecule has 0 bridgehead atoms. The summed E-state index contributed by atoms with van der Waals surface area (Å²) in [4.78, 5) is 11.1. The lowest BCUT2D eigenvalue weighted by molar-refractivity contribution is 0.111. The first-order valence-electron chi connectivity index (χ1n) is 6.02. The van der Waals surface area contributed by atoms with Crippen molar-refractivity contribution in [2.24, 2.45) is 0 Å². The van der Waals surface area contributed by atoms with Gasteiger partial charge in [0.15, 0.2) is 17.8 Å². The van der Waals surface area contributed by atoms with E-state index in [1.807, 2.05) is 24.3 Å². The number of benzene rings is 2. The van der Waals surface area contributed by atoms with Crippen LogP contribution in [0.2, 0.25) is 0 Å². The Morgan fingerprint density at radius 3 is 2.55 bits per heavy atom. The highest BCUT2D eigenvalue weighted by molar-refractivity contribution is 9.10. The van der Waals surface area contributed by atoms with Gasteiger partial charge in [0.2, 0.25) is 6.79 Å². The van der Waals surface area contributed by atoms with Crippen LogP contribution in [0.4, 0.5) is 0 Å². The molecule has 3 rings (SSSR count). The Morgan fingerprint density at radius 1 is 1.15 bits per heavy atom. The lowest BCUT2D eigenvalue weighted by atomic mass is 10.2. The van der Waals surface area contributed by atoms with Gasteiger partial charge < -0.3 is 14.2 Å². The molecule has 1 aliphatic rings. The van der Waals surface area contributed by atoms with Crippen LogP contribution in [0.1, 0.15) is 15.9 Å². The van der Waals surface area contributed by atoms with Crippen LogP contribution in [-0.4, -0.2) is 13.1 Å². The molecule has 2 aromatic rings. The summed E-state index contributed by atoms with van der Waals surface area (Å²) in [5.41, 5.74) is 1.47. The lowest BCUT2D eigenvalue weighted by Gasteiger charge is -2.09. The number of hydrogen-bond donors (Lipinski definition) is 0. The summed E-state index contributed by atoms with van der Waals surface area (Å²) in [6, 6.07) is 11.1. The van der Waals surface area contributed by atoms with Crippen LogP contribution in [0.15, 0.2) is 40.9 Å². The number of halogens is 1. The Balaban J connectivity index is 1.80. The van der Waals surface area contributed by atoms with Crippen molar-refractivity contribution in [1.82, 2.24) is 0 Å². The van der Waals surface area contributed by atoms with E-state index in [1.54, 1.807) is 12.1 Å². The summed E-state index contributed by atoms with van der Waals surface area (Å²) in [5, 5.41) is 0. The van der Waals surface area contributed by atoms with Crippen molar-refractivity contribution in [3.05, 3.63) is 52.0 Å². The number of rotatable bonds is 4.